The molecule has 0 saturated heterocycles. The van der Waals surface area contributed by atoms with Crippen LogP contribution in [0.3, 0.4) is 0 Å². The summed E-state index contributed by atoms with van der Waals surface area (Å²) >= 11 is 0. The summed E-state index contributed by atoms with van der Waals surface area (Å²) in [5.41, 5.74) is 1.39. The second kappa shape index (κ2) is 6.20. The Labute approximate surface area is 116 Å². The highest BCUT2D eigenvalue weighted by molar-refractivity contribution is 5.94. The van der Waals surface area contributed by atoms with Crippen molar-refractivity contribution in [2.24, 2.45) is 11.3 Å². The number of aliphatic hydroxyl groups is 1. The van der Waals surface area contributed by atoms with Gasteiger partial charge in [0.05, 0.1) is 6.10 Å². The van der Waals surface area contributed by atoms with E-state index in [0.29, 0.717) is 12.1 Å². The van der Waals surface area contributed by atoms with Crippen LogP contribution in [-0.4, -0.2) is 23.7 Å². The standard InChI is InChI=1S/C16H25NO2/c1-11(2)14(18)16(4,5)10-17-15(19)13-8-6-7-12(3)9-13/h6-9,11,14,18H,10H2,1-5H3,(H,17,19). The van der Waals surface area contributed by atoms with Crippen LogP contribution < -0.4 is 5.32 Å². The highest BCUT2D eigenvalue weighted by Gasteiger charge is 2.30. The quantitative estimate of drug-likeness (QED) is 0.858. The molecule has 0 aliphatic heterocycles. The predicted molar refractivity (Wildman–Crippen MR) is 78.1 cm³/mol. The van der Waals surface area contributed by atoms with Gasteiger partial charge in [-0.15, -0.1) is 0 Å². The van der Waals surface area contributed by atoms with Gasteiger partial charge in [-0.2, -0.15) is 0 Å². The van der Waals surface area contributed by atoms with Gasteiger partial charge >= 0.3 is 0 Å². The molecule has 0 spiro atoms. The molecular weight excluding hydrogens is 238 g/mol. The smallest absolute Gasteiger partial charge is 0.251 e. The zero-order valence-electron chi connectivity index (χ0n) is 12.5. The Morgan fingerprint density at radius 1 is 1.37 bits per heavy atom. The normalized spacial score (nSPS) is 13.4. The lowest BCUT2D eigenvalue weighted by molar-refractivity contribution is 0.0138. The van der Waals surface area contributed by atoms with Crippen LogP contribution in [0.4, 0.5) is 0 Å². The Morgan fingerprint density at radius 3 is 2.53 bits per heavy atom. The molecule has 19 heavy (non-hydrogen) atoms. The third-order valence-electron chi connectivity index (χ3n) is 3.42. The van der Waals surface area contributed by atoms with Crippen LogP contribution in [0, 0.1) is 18.3 Å². The zero-order valence-corrected chi connectivity index (χ0v) is 12.5. The molecule has 1 amide bonds. The molecule has 3 heteroatoms. The van der Waals surface area contributed by atoms with E-state index < -0.39 is 6.10 Å². The molecule has 1 atom stereocenters. The van der Waals surface area contributed by atoms with Gasteiger partial charge in [-0.1, -0.05) is 45.4 Å². The van der Waals surface area contributed by atoms with E-state index in [1.807, 2.05) is 52.8 Å². The van der Waals surface area contributed by atoms with Gasteiger partial charge in [-0.25, -0.2) is 0 Å². The number of aryl methyl sites for hydroxylation is 1. The van der Waals surface area contributed by atoms with Gasteiger partial charge in [0.25, 0.3) is 5.91 Å². The van der Waals surface area contributed by atoms with Crippen molar-refractivity contribution < 1.29 is 9.90 Å². The molecule has 0 saturated carbocycles. The number of carbonyl (C=O) groups excluding carboxylic acids is 1. The van der Waals surface area contributed by atoms with Crippen molar-refractivity contribution >= 4 is 5.91 Å². The first-order chi connectivity index (χ1) is 8.74. The number of nitrogens with one attached hydrogen (secondary N) is 1. The van der Waals surface area contributed by atoms with Crippen LogP contribution in [0.25, 0.3) is 0 Å². The first kappa shape index (κ1) is 15.7. The molecule has 1 unspecified atom stereocenters. The topological polar surface area (TPSA) is 49.3 Å². The molecule has 0 aliphatic rings. The Hall–Kier alpha value is -1.35. The second-order valence-electron chi connectivity index (χ2n) is 6.23. The van der Waals surface area contributed by atoms with E-state index in [2.05, 4.69) is 5.32 Å². The molecule has 2 N–H and O–H groups in total. The van der Waals surface area contributed by atoms with Crippen molar-refractivity contribution in [3.05, 3.63) is 35.4 Å². The lowest BCUT2D eigenvalue weighted by Crippen LogP contribution is -2.43. The molecule has 1 rings (SSSR count). The molecule has 0 fully saturated rings. The van der Waals surface area contributed by atoms with E-state index in [0.717, 1.165) is 5.56 Å². The van der Waals surface area contributed by atoms with E-state index in [9.17, 15) is 9.90 Å². The van der Waals surface area contributed by atoms with Crippen molar-refractivity contribution in [1.82, 2.24) is 5.32 Å². The number of hydrogen-bond donors (Lipinski definition) is 2. The van der Waals surface area contributed by atoms with Crippen molar-refractivity contribution in [3.63, 3.8) is 0 Å². The van der Waals surface area contributed by atoms with Crippen molar-refractivity contribution in [3.8, 4) is 0 Å². The summed E-state index contributed by atoms with van der Waals surface area (Å²) in [6.07, 6.45) is -0.440. The maximum atomic E-state index is 12.0. The van der Waals surface area contributed by atoms with Crippen LogP contribution in [0.2, 0.25) is 0 Å². The fourth-order valence-corrected chi connectivity index (χ4v) is 2.20. The van der Waals surface area contributed by atoms with Gasteiger partial charge in [0, 0.05) is 17.5 Å². The maximum Gasteiger partial charge on any atom is 0.251 e. The van der Waals surface area contributed by atoms with Gasteiger partial charge in [-0.05, 0) is 25.0 Å². The monoisotopic (exact) mass is 263 g/mol. The predicted octanol–water partition coefficient (Wildman–Crippen LogP) is 2.77. The van der Waals surface area contributed by atoms with E-state index in [4.69, 9.17) is 0 Å². The van der Waals surface area contributed by atoms with Crippen LogP contribution in [0.1, 0.15) is 43.6 Å². The van der Waals surface area contributed by atoms with Crippen LogP contribution >= 0.6 is 0 Å². The number of amides is 1. The molecule has 3 nitrogen and oxygen atoms in total. The molecular formula is C16H25NO2. The Kier molecular flexibility index (Phi) is 5.12. The minimum absolute atomic E-state index is 0.0901. The molecule has 0 aromatic heterocycles. The minimum Gasteiger partial charge on any atom is -0.392 e. The van der Waals surface area contributed by atoms with E-state index >= 15 is 0 Å². The summed E-state index contributed by atoms with van der Waals surface area (Å²) in [5.74, 6) is 0.0820. The Morgan fingerprint density at radius 2 is 2.00 bits per heavy atom. The average molecular weight is 263 g/mol. The first-order valence-electron chi connectivity index (χ1n) is 6.77. The van der Waals surface area contributed by atoms with Gasteiger partial charge in [-0.3, -0.25) is 4.79 Å². The number of hydrogen-bond acceptors (Lipinski definition) is 2. The van der Waals surface area contributed by atoms with Crippen LogP contribution in [-0.2, 0) is 0 Å². The summed E-state index contributed by atoms with van der Waals surface area (Å²) < 4.78 is 0. The number of rotatable bonds is 5. The fourth-order valence-electron chi connectivity index (χ4n) is 2.20. The highest BCUT2D eigenvalue weighted by Crippen LogP contribution is 2.25. The molecule has 0 aliphatic carbocycles. The molecule has 1 aromatic carbocycles. The molecule has 1 aromatic rings. The summed E-state index contributed by atoms with van der Waals surface area (Å²) in [6, 6.07) is 7.50. The Bertz CT molecular complexity index is 438. The Balaban J connectivity index is 2.64. The maximum absolute atomic E-state index is 12.0. The van der Waals surface area contributed by atoms with E-state index in [1.54, 1.807) is 6.07 Å². The van der Waals surface area contributed by atoms with E-state index in [-0.39, 0.29) is 17.2 Å². The summed E-state index contributed by atoms with van der Waals surface area (Å²) in [7, 11) is 0. The first-order valence-corrected chi connectivity index (χ1v) is 6.77. The van der Waals surface area contributed by atoms with Gasteiger partial charge < -0.3 is 10.4 Å². The van der Waals surface area contributed by atoms with Crippen molar-refractivity contribution in [1.29, 1.82) is 0 Å². The minimum atomic E-state index is -0.440. The molecule has 0 bridgehead atoms. The summed E-state index contributed by atoms with van der Waals surface area (Å²) in [5, 5.41) is 13.0. The third kappa shape index (κ3) is 4.35. The number of aliphatic hydroxyl groups excluding tert-OH is 1. The lowest BCUT2D eigenvalue weighted by atomic mass is 9.80. The van der Waals surface area contributed by atoms with Gasteiger partial charge in [0.2, 0.25) is 0 Å². The average Bonchev–Trinajstić information content (AvgIpc) is 2.35. The lowest BCUT2D eigenvalue weighted by Gasteiger charge is -2.33. The SMILES string of the molecule is Cc1cccc(C(=O)NCC(C)(C)C(O)C(C)C)c1. The largest absolute Gasteiger partial charge is 0.392 e. The number of benzene rings is 1. The van der Waals surface area contributed by atoms with E-state index in [1.165, 1.54) is 0 Å². The van der Waals surface area contributed by atoms with Crippen molar-refractivity contribution in [2.45, 2.75) is 40.7 Å². The van der Waals surface area contributed by atoms with Crippen LogP contribution in [0.15, 0.2) is 24.3 Å². The van der Waals surface area contributed by atoms with Gasteiger partial charge in [0.1, 0.15) is 0 Å². The third-order valence-corrected chi connectivity index (χ3v) is 3.42. The van der Waals surface area contributed by atoms with Crippen molar-refractivity contribution in [2.75, 3.05) is 6.54 Å². The fraction of sp³-hybridized carbons (Fsp3) is 0.562. The second-order valence-corrected chi connectivity index (χ2v) is 6.23. The zero-order chi connectivity index (χ0) is 14.6. The van der Waals surface area contributed by atoms with Crippen LogP contribution in [0.5, 0.6) is 0 Å². The number of carbonyl (C=O) groups is 1. The highest BCUT2D eigenvalue weighted by atomic mass is 16.3. The summed E-state index contributed by atoms with van der Waals surface area (Å²) in [6.45, 7) is 10.3. The molecule has 106 valence electrons. The molecule has 0 heterocycles. The molecule has 0 radical (unpaired) electrons. The van der Waals surface area contributed by atoms with Gasteiger partial charge in [0.15, 0.2) is 0 Å². The summed E-state index contributed by atoms with van der Waals surface area (Å²) in [4.78, 5) is 12.0.